The normalized spacial score (nSPS) is 28.6. The Kier molecular flexibility index (Phi) is 21.2. The molecule has 7 rings (SSSR count). The average Bonchev–Trinajstić information content (AvgIpc) is 4.06. The number of ether oxygens (including phenoxy) is 1. The van der Waals surface area contributed by atoms with Crippen molar-refractivity contribution in [2.75, 3.05) is 19.7 Å². The maximum absolute atomic E-state index is 14.5. The molecule has 0 radical (unpaired) electrons. The Morgan fingerprint density at radius 2 is 1.24 bits per heavy atom. The highest BCUT2D eigenvalue weighted by molar-refractivity contribution is 6.00. The van der Waals surface area contributed by atoms with Gasteiger partial charge in [-0.1, -0.05) is 87.4 Å². The quantitative estimate of drug-likeness (QED) is 0.0735. The van der Waals surface area contributed by atoms with Gasteiger partial charge in [0.25, 0.3) is 5.91 Å². The van der Waals surface area contributed by atoms with E-state index in [0.717, 1.165) is 59.1 Å². The zero-order valence-electron chi connectivity index (χ0n) is 46.4. The van der Waals surface area contributed by atoms with Crippen LogP contribution in [0.1, 0.15) is 88.7 Å². The summed E-state index contributed by atoms with van der Waals surface area (Å²) in [4.78, 5) is 88.4. The van der Waals surface area contributed by atoms with Crippen molar-refractivity contribution in [3.8, 4) is 33.8 Å². The Labute approximate surface area is 475 Å². The first-order chi connectivity index (χ1) is 39.0. The number of nitrogens with zero attached hydrogens (tertiary/aromatic N) is 2. The monoisotopic (exact) mass is 1140 g/mol. The van der Waals surface area contributed by atoms with Gasteiger partial charge in [-0.05, 0) is 97.3 Å². The van der Waals surface area contributed by atoms with Crippen LogP contribution in [0.3, 0.4) is 0 Å². The van der Waals surface area contributed by atoms with Crippen LogP contribution in [0.2, 0.25) is 0 Å². The van der Waals surface area contributed by atoms with Crippen LogP contribution < -0.4 is 31.3 Å². The molecule has 3 fully saturated rings. The van der Waals surface area contributed by atoms with Crippen LogP contribution in [0, 0.1) is 5.92 Å². The first kappa shape index (κ1) is 62.5. The molecule has 0 saturated carbocycles. The summed E-state index contributed by atoms with van der Waals surface area (Å²) in [5, 5.41) is 113. The molecule has 1 unspecified atom stereocenters. The lowest BCUT2D eigenvalue weighted by Crippen LogP contribution is -2.64. The van der Waals surface area contributed by atoms with Crippen molar-refractivity contribution in [3.05, 3.63) is 108 Å². The minimum atomic E-state index is -2.18. The van der Waals surface area contributed by atoms with Gasteiger partial charge in [-0.15, -0.1) is 0 Å². The van der Waals surface area contributed by atoms with Crippen LogP contribution in [0.25, 0.3) is 22.3 Å². The molecular formula is C59H77N7O16. The maximum Gasteiger partial charge on any atom is 0.251 e. The maximum atomic E-state index is 14.5. The van der Waals surface area contributed by atoms with Gasteiger partial charge in [0.2, 0.25) is 29.5 Å². The molecule has 82 heavy (non-hydrogen) atoms. The molecule has 3 saturated heterocycles. The molecule has 23 heteroatoms. The Morgan fingerprint density at radius 3 is 1.82 bits per heavy atom. The molecule has 3 aliphatic heterocycles. The molecule has 6 amide bonds. The van der Waals surface area contributed by atoms with Gasteiger partial charge in [-0.2, -0.15) is 0 Å². The predicted molar refractivity (Wildman–Crippen MR) is 298 cm³/mol. The zero-order valence-corrected chi connectivity index (χ0v) is 46.4. The van der Waals surface area contributed by atoms with Crippen molar-refractivity contribution in [1.29, 1.82) is 0 Å². The van der Waals surface area contributed by atoms with Crippen LogP contribution in [0.5, 0.6) is 11.5 Å². The summed E-state index contributed by atoms with van der Waals surface area (Å²) in [5.41, 5.74) is 3.54. The van der Waals surface area contributed by atoms with Gasteiger partial charge in [0.05, 0.1) is 37.1 Å². The molecule has 444 valence electrons. The fourth-order valence-corrected chi connectivity index (χ4v) is 10.8. The van der Waals surface area contributed by atoms with Crippen molar-refractivity contribution in [2.24, 2.45) is 5.92 Å². The molecule has 14 N–H and O–H groups in total. The lowest BCUT2D eigenvalue weighted by atomic mass is 9.96. The Morgan fingerprint density at radius 1 is 0.671 bits per heavy atom. The van der Waals surface area contributed by atoms with Gasteiger partial charge in [-0.3, -0.25) is 33.7 Å². The van der Waals surface area contributed by atoms with E-state index in [-0.39, 0.29) is 23.4 Å². The predicted octanol–water partition coefficient (Wildman–Crippen LogP) is -0.0652. The molecule has 3 aliphatic rings. The number of phenols is 1. The van der Waals surface area contributed by atoms with E-state index in [1.165, 1.54) is 55.1 Å². The number of fused-ring (bicyclic) bond motifs is 2. The lowest BCUT2D eigenvalue weighted by Gasteiger charge is -2.39. The number of amides is 6. The SMILES string of the molecule is CCCCCOc1ccc(-c2ccc(-c3ccc(C(=O)N[C@H]4C[C@@H](O)[C@@H](O)NC(=O)[C@@H]5[C@@H](O)[C@@H](C)CN5C(C)[C@H]([C@@H](C)O)NC(=O)[C@H]([C@H](O)[C@@H](O)c5ccc(O)cc5)NC(=O)[C@@H]5C[C@@H](O)CN5C(=O)[C@H]([C@@H](C)O)NC4=O)cc3)cc2)cc1. The second-order valence-corrected chi connectivity index (χ2v) is 21.8. The summed E-state index contributed by atoms with van der Waals surface area (Å²) in [6, 6.07) is 15.4. The van der Waals surface area contributed by atoms with Gasteiger partial charge >= 0.3 is 0 Å². The minimum absolute atomic E-state index is 0.00759. The number of aliphatic hydroxyl groups excluding tert-OH is 8. The number of phenolic OH excluding ortho intramolecular Hbond substituents is 1. The van der Waals surface area contributed by atoms with E-state index in [9.17, 15) is 74.7 Å². The molecule has 0 aromatic heterocycles. The number of nitrogens with one attached hydrogen (secondary N) is 5. The highest BCUT2D eigenvalue weighted by atomic mass is 16.5. The largest absolute Gasteiger partial charge is 0.508 e. The van der Waals surface area contributed by atoms with Gasteiger partial charge in [0, 0.05) is 37.5 Å². The first-order valence-electron chi connectivity index (χ1n) is 27.7. The molecule has 4 aromatic rings. The highest BCUT2D eigenvalue weighted by Gasteiger charge is 2.50. The number of carbonyl (C=O) groups is 6. The number of hydrogen-bond donors (Lipinski definition) is 14. The zero-order chi connectivity index (χ0) is 59.7. The van der Waals surface area contributed by atoms with E-state index in [4.69, 9.17) is 4.74 Å². The minimum Gasteiger partial charge on any atom is -0.508 e. The van der Waals surface area contributed by atoms with E-state index in [1.54, 1.807) is 19.1 Å². The topological polar surface area (TPSA) is 360 Å². The number of hydrogen-bond acceptors (Lipinski definition) is 17. The smallest absolute Gasteiger partial charge is 0.251 e. The number of rotatable bonds is 14. The fourth-order valence-electron chi connectivity index (χ4n) is 10.8. The van der Waals surface area contributed by atoms with Crippen LogP contribution in [0.4, 0.5) is 0 Å². The summed E-state index contributed by atoms with van der Waals surface area (Å²) in [6.45, 7) is 7.78. The summed E-state index contributed by atoms with van der Waals surface area (Å²) in [6.07, 6.45) is -12.4. The van der Waals surface area contributed by atoms with E-state index in [0.29, 0.717) is 6.61 Å². The Hall–Kier alpha value is -7.06. The second-order valence-electron chi connectivity index (χ2n) is 21.8. The average molecular weight is 1140 g/mol. The molecule has 16 atom stereocenters. The van der Waals surface area contributed by atoms with Crippen molar-refractivity contribution in [1.82, 2.24) is 36.4 Å². The Bertz CT molecular complexity index is 2820. The van der Waals surface area contributed by atoms with E-state index in [1.807, 2.05) is 48.5 Å². The number of aromatic hydroxyl groups is 1. The first-order valence-corrected chi connectivity index (χ1v) is 27.7. The second kappa shape index (κ2) is 27.8. The van der Waals surface area contributed by atoms with Crippen molar-refractivity contribution < 1.29 is 79.5 Å². The van der Waals surface area contributed by atoms with Gasteiger partial charge in [0.15, 0.2) is 6.23 Å². The number of carbonyl (C=O) groups excluding carboxylic acids is 6. The number of unbranched alkanes of at least 4 members (excludes halogenated alkanes) is 2. The van der Waals surface area contributed by atoms with Crippen LogP contribution in [0.15, 0.2) is 97.1 Å². The summed E-state index contributed by atoms with van der Waals surface area (Å²) in [5.74, 6) is -6.57. The van der Waals surface area contributed by atoms with Crippen molar-refractivity contribution >= 4 is 35.4 Å². The molecule has 0 bridgehead atoms. The van der Waals surface area contributed by atoms with Crippen molar-refractivity contribution in [3.63, 3.8) is 0 Å². The van der Waals surface area contributed by atoms with E-state index < -0.39 is 152 Å². The molecule has 4 aromatic carbocycles. The van der Waals surface area contributed by atoms with Crippen LogP contribution in [-0.4, -0.2) is 196 Å². The molecule has 23 nitrogen and oxygen atoms in total. The van der Waals surface area contributed by atoms with Gasteiger partial charge < -0.3 is 82.2 Å². The number of benzene rings is 4. The van der Waals surface area contributed by atoms with E-state index in [2.05, 4.69) is 33.5 Å². The van der Waals surface area contributed by atoms with Crippen molar-refractivity contribution in [2.45, 2.75) is 158 Å². The van der Waals surface area contributed by atoms with Crippen LogP contribution in [-0.2, 0) is 24.0 Å². The fraction of sp³-hybridized carbons (Fsp3) is 0.492. The van der Waals surface area contributed by atoms with Gasteiger partial charge in [-0.25, -0.2) is 0 Å². The summed E-state index contributed by atoms with van der Waals surface area (Å²) in [7, 11) is 0. The highest BCUT2D eigenvalue weighted by Crippen LogP contribution is 2.31. The lowest BCUT2D eigenvalue weighted by molar-refractivity contribution is -0.145. The van der Waals surface area contributed by atoms with Crippen LogP contribution >= 0.6 is 0 Å². The summed E-state index contributed by atoms with van der Waals surface area (Å²) < 4.78 is 5.85. The molecule has 3 heterocycles. The number of aliphatic hydroxyl groups is 8. The molecule has 0 aliphatic carbocycles. The standard InChI is InChI=1S/C59H77N7O16/c1-6-7-8-25-82-42-23-19-37(20-24-42)35-11-9-34(10-12-35)36-13-15-39(16-14-36)53(75)60-43-27-45(71)56(78)64-58(80)49-50(72)30(2)28-65(49)31(3)46(32(4)67)61-57(79)48(52(74)51(73)38-17-21-40(69)22-18-38)63-55(77)44-26-41(70)29-66(44)59(81)47(33(5)68)62-54(43)76/h9-24,30-33,41,43-52,56,67-74,78H,6-8,25-29H2,1-5H3,(H,60,75)(H,61,79)(H,62,76)(H,63,77)(H,64,80)/t30-,31?,32+,33+,41+,43-,44-,45+,46+,47-,48-,49-,50-,51-,52-,56+/m0/s1. The van der Waals surface area contributed by atoms with E-state index >= 15 is 0 Å². The Balaban J connectivity index is 1.18. The molecular weight excluding hydrogens is 1060 g/mol. The molecule has 0 spiro atoms. The van der Waals surface area contributed by atoms with Gasteiger partial charge in [0.1, 0.15) is 60.0 Å². The third-order valence-corrected chi connectivity index (χ3v) is 15.6. The summed E-state index contributed by atoms with van der Waals surface area (Å²) >= 11 is 0. The third-order valence-electron chi connectivity index (χ3n) is 15.6. The third kappa shape index (κ3) is 14.9.